The number of hydrogen-bond acceptors (Lipinski definition) is 2. The molecule has 0 aromatic heterocycles. The molecule has 16 rings (SSSR count). The molecule has 14 aromatic rings. The van der Waals surface area contributed by atoms with Crippen LogP contribution in [-0.4, -0.2) is 0 Å². The monoisotopic (exact) mass is 1450 g/mol. The van der Waals surface area contributed by atoms with Gasteiger partial charge in [-0.1, -0.05) is 208 Å². The van der Waals surface area contributed by atoms with Crippen molar-refractivity contribution >= 4 is 131 Å². The van der Waals surface area contributed by atoms with Crippen molar-refractivity contribution in [2.24, 2.45) is 0 Å². The zero-order valence-corrected chi connectivity index (χ0v) is 66.7. The molecule has 0 saturated heterocycles. The van der Waals surface area contributed by atoms with Gasteiger partial charge < -0.3 is 9.80 Å². The number of para-hydroxylation sites is 2. The molecular formula is C97H100Br2N2. The Labute approximate surface area is 619 Å². The summed E-state index contributed by atoms with van der Waals surface area (Å²) in [5, 5.41) is 16.8. The van der Waals surface area contributed by atoms with Gasteiger partial charge in [0, 0.05) is 36.5 Å². The average molecular weight is 1450 g/mol. The highest BCUT2D eigenvalue weighted by Gasteiger charge is 2.36. The number of rotatable bonds is 10. The summed E-state index contributed by atoms with van der Waals surface area (Å²) in [6.45, 7) is 45.8. The van der Waals surface area contributed by atoms with E-state index in [1.807, 2.05) is 0 Å². The maximum atomic E-state index is 3.90. The molecule has 0 spiro atoms. The van der Waals surface area contributed by atoms with Crippen LogP contribution in [0.1, 0.15) is 191 Å². The molecule has 0 heterocycles. The van der Waals surface area contributed by atoms with E-state index in [-0.39, 0.29) is 10.8 Å². The van der Waals surface area contributed by atoms with Gasteiger partial charge in [-0.2, -0.15) is 0 Å². The molecule has 0 atom stereocenters. The summed E-state index contributed by atoms with van der Waals surface area (Å²) in [5.74, 6) is 0.828. The summed E-state index contributed by atoms with van der Waals surface area (Å²) in [6.07, 6.45) is 5.56. The summed E-state index contributed by atoms with van der Waals surface area (Å²) in [7, 11) is 0. The van der Waals surface area contributed by atoms with Crippen molar-refractivity contribution in [3.05, 3.63) is 290 Å². The van der Waals surface area contributed by atoms with Crippen molar-refractivity contribution < 1.29 is 0 Å². The van der Waals surface area contributed by atoms with E-state index in [1.165, 1.54) is 225 Å². The highest BCUT2D eigenvalue weighted by Crippen LogP contribution is 2.57. The standard InChI is InChI=1S/C56H58N2.C24H22Br2.C17H20/c1-32(2)46-31-50(58(43-26-33(3)25-34(4)27-43)55-38(8)17-14-18-39(55)9)47-30-48-51-41(23-24-56(48,11)12)29-49(45-22-21-44(46)52(47)53(45)51)57(42-20-19-35(5)40(10)28-42)54-36(6)15-13-16-37(54)7;1-12(2)16-11-20(26)17-10-18-21-13(7-8-24(18,3)4)9-19(25)15-6-5-14(16)22(17)23(15)21;1-12-8-13(2)10-16(9-12)11-17-14(3)6-5-7-15(17)4/h13-22,25-32H,23-24H2,1-12H3;5-6,9-12H,7-8H2,1-4H3;5-10H,11H2,1-4H3. The molecule has 0 bridgehead atoms. The van der Waals surface area contributed by atoms with Crippen LogP contribution in [-0.2, 0) is 30.1 Å². The van der Waals surface area contributed by atoms with Crippen molar-refractivity contribution in [1.82, 2.24) is 0 Å². The Morgan fingerprint density at radius 1 is 0.347 bits per heavy atom. The summed E-state index contributed by atoms with van der Waals surface area (Å²) in [6, 6.07) is 65.3. The minimum Gasteiger partial charge on any atom is -0.309 e. The Hall–Kier alpha value is -8.28. The van der Waals surface area contributed by atoms with Gasteiger partial charge in [0.25, 0.3) is 0 Å². The van der Waals surface area contributed by atoms with Crippen LogP contribution in [0.25, 0.3) is 64.6 Å². The number of hydrogen-bond donors (Lipinski definition) is 0. The third-order valence-electron chi connectivity index (χ3n) is 23.2. The largest absolute Gasteiger partial charge is 0.309 e. The molecule has 101 heavy (non-hydrogen) atoms. The lowest BCUT2D eigenvalue weighted by molar-refractivity contribution is 0.475. The van der Waals surface area contributed by atoms with Crippen molar-refractivity contribution in [2.75, 3.05) is 9.80 Å². The molecular weight excluding hydrogens is 1350 g/mol. The van der Waals surface area contributed by atoms with E-state index in [9.17, 15) is 0 Å². The summed E-state index contributed by atoms with van der Waals surface area (Å²) in [4.78, 5) is 5.19. The SMILES string of the molecule is CC(C)c1cc(Br)c2cc3c4c(cc(Br)c5ccc1c2c54)CCC3(C)C.Cc1cc(C)cc(Cc2c(C)cccc2C)c1.Cc1cc(C)cc(N(c2c(C)cccc2C)c2cc(C(C)C)c3ccc4c(N(c5ccc(C)c(C)c5)c5c(C)cccc5C)cc5c6c(cc2c3c46)C(C)(C)CC5)c1. The molecule has 0 unspecified atom stereocenters. The second-order valence-electron chi connectivity index (χ2n) is 32.4. The molecule has 0 saturated carbocycles. The van der Waals surface area contributed by atoms with Gasteiger partial charge in [0.2, 0.25) is 0 Å². The maximum Gasteiger partial charge on any atom is 0.0543 e. The van der Waals surface area contributed by atoms with Crippen LogP contribution in [0.5, 0.6) is 0 Å². The van der Waals surface area contributed by atoms with E-state index in [2.05, 4.69) is 350 Å². The van der Waals surface area contributed by atoms with Crippen LogP contribution in [0, 0.1) is 83.1 Å². The lowest BCUT2D eigenvalue weighted by Crippen LogP contribution is -2.24. The predicted octanol–water partition coefficient (Wildman–Crippen LogP) is 29.3. The summed E-state index contributed by atoms with van der Waals surface area (Å²) in [5.41, 5.74) is 35.1. The van der Waals surface area contributed by atoms with E-state index in [0.29, 0.717) is 11.8 Å². The Balaban J connectivity index is 0.000000163. The Morgan fingerprint density at radius 3 is 1.30 bits per heavy atom. The first kappa shape index (κ1) is 69.8. The van der Waals surface area contributed by atoms with Crippen LogP contribution in [0.15, 0.2) is 179 Å². The molecule has 4 heteroatoms. The quantitative estimate of drug-likeness (QED) is 0.126. The second kappa shape index (κ2) is 26.5. The normalized spacial score (nSPS) is 13.9. The van der Waals surface area contributed by atoms with E-state index in [1.54, 1.807) is 0 Å². The minimum atomic E-state index is 0.0129. The van der Waals surface area contributed by atoms with Crippen LogP contribution in [0.2, 0.25) is 0 Å². The van der Waals surface area contributed by atoms with Crippen molar-refractivity contribution in [3.63, 3.8) is 0 Å². The lowest BCUT2D eigenvalue weighted by Gasteiger charge is -2.38. The molecule has 0 N–H and O–H groups in total. The molecule has 0 amide bonds. The first-order valence-electron chi connectivity index (χ1n) is 36.9. The fourth-order valence-electron chi connectivity index (χ4n) is 17.8. The van der Waals surface area contributed by atoms with Crippen molar-refractivity contribution in [1.29, 1.82) is 0 Å². The van der Waals surface area contributed by atoms with Gasteiger partial charge in [0.15, 0.2) is 0 Å². The van der Waals surface area contributed by atoms with Gasteiger partial charge in [0.1, 0.15) is 0 Å². The fraction of sp³-hybridized carbons (Fsp3) is 0.299. The van der Waals surface area contributed by atoms with Gasteiger partial charge in [-0.05, 0) is 347 Å². The number of anilines is 6. The fourth-order valence-corrected chi connectivity index (χ4v) is 19.0. The number of benzene rings is 14. The van der Waals surface area contributed by atoms with Gasteiger partial charge in [-0.15, -0.1) is 0 Å². The average Bonchev–Trinajstić information content (AvgIpc) is 0.697. The number of halogens is 2. The Kier molecular flexibility index (Phi) is 18.3. The maximum absolute atomic E-state index is 3.90. The smallest absolute Gasteiger partial charge is 0.0543 e. The van der Waals surface area contributed by atoms with E-state index < -0.39 is 0 Å². The second-order valence-corrected chi connectivity index (χ2v) is 34.1. The highest BCUT2D eigenvalue weighted by molar-refractivity contribution is 9.11. The minimum absolute atomic E-state index is 0.0129. The number of aryl methyl sites for hydroxylation is 14. The van der Waals surface area contributed by atoms with Crippen LogP contribution in [0.3, 0.4) is 0 Å². The van der Waals surface area contributed by atoms with Crippen LogP contribution in [0.4, 0.5) is 34.1 Å². The first-order valence-corrected chi connectivity index (χ1v) is 38.5. The molecule has 2 nitrogen and oxygen atoms in total. The molecule has 2 aliphatic rings. The van der Waals surface area contributed by atoms with Crippen LogP contribution < -0.4 is 9.80 Å². The highest BCUT2D eigenvalue weighted by atomic mass is 79.9. The van der Waals surface area contributed by atoms with E-state index in [4.69, 9.17) is 0 Å². The van der Waals surface area contributed by atoms with Crippen molar-refractivity contribution in [2.45, 2.75) is 193 Å². The third kappa shape index (κ3) is 12.3. The third-order valence-corrected chi connectivity index (χ3v) is 24.5. The molecule has 0 aliphatic heterocycles. The Bertz CT molecular complexity index is 5530. The van der Waals surface area contributed by atoms with Crippen LogP contribution >= 0.6 is 31.9 Å². The first-order chi connectivity index (χ1) is 48.0. The zero-order chi connectivity index (χ0) is 71.7. The lowest BCUT2D eigenvalue weighted by atomic mass is 9.70. The van der Waals surface area contributed by atoms with Gasteiger partial charge in [-0.3, -0.25) is 0 Å². The molecule has 2 aliphatic carbocycles. The zero-order valence-electron chi connectivity index (χ0n) is 63.5. The molecule has 0 fully saturated rings. The van der Waals surface area contributed by atoms with E-state index >= 15 is 0 Å². The molecule has 14 aromatic carbocycles. The van der Waals surface area contributed by atoms with Gasteiger partial charge >= 0.3 is 0 Å². The van der Waals surface area contributed by atoms with Crippen molar-refractivity contribution in [3.8, 4) is 0 Å². The Morgan fingerprint density at radius 2 is 0.772 bits per heavy atom. The van der Waals surface area contributed by atoms with Gasteiger partial charge in [0.05, 0.1) is 22.7 Å². The topological polar surface area (TPSA) is 6.48 Å². The molecule has 0 radical (unpaired) electrons. The summed E-state index contributed by atoms with van der Waals surface area (Å²) < 4.78 is 2.45. The van der Waals surface area contributed by atoms with Gasteiger partial charge in [-0.25, -0.2) is 0 Å². The molecule has 512 valence electrons. The number of nitrogens with zero attached hydrogens (tertiary/aromatic N) is 2. The van der Waals surface area contributed by atoms with E-state index in [0.717, 1.165) is 25.7 Å². The summed E-state index contributed by atoms with van der Waals surface area (Å²) >= 11 is 7.77. The predicted molar refractivity (Wildman–Crippen MR) is 448 cm³/mol.